The molecule has 1 unspecified atom stereocenters. The van der Waals surface area contributed by atoms with E-state index in [4.69, 9.17) is 0 Å². The summed E-state index contributed by atoms with van der Waals surface area (Å²) in [6, 6.07) is 6.46. The molecule has 0 N–H and O–H groups in total. The molecule has 0 saturated heterocycles. The van der Waals surface area contributed by atoms with Gasteiger partial charge in [0.15, 0.2) is 0 Å². The fraction of sp³-hybridized carbons (Fsp3) is 0.400. The smallest absolute Gasteiger partial charge is 0.0213 e. The van der Waals surface area contributed by atoms with Crippen molar-refractivity contribution >= 4 is 14.5 Å². The molecular weight excluding hydrogens is 151 g/mol. The van der Waals surface area contributed by atoms with Crippen LogP contribution in [0.5, 0.6) is 0 Å². The van der Waals surface area contributed by atoms with E-state index in [-0.39, 0.29) is 0 Å². The number of aryl methyl sites for hydroxylation is 1. The van der Waals surface area contributed by atoms with E-state index in [1.54, 1.807) is 0 Å². The highest BCUT2D eigenvalue weighted by Gasteiger charge is 2.03. The Balaban J connectivity index is 3.17. The summed E-state index contributed by atoms with van der Waals surface area (Å²) in [7, 11) is 2.81. The van der Waals surface area contributed by atoms with Crippen molar-refractivity contribution in [3.8, 4) is 0 Å². The zero-order chi connectivity index (χ0) is 8.43. The normalized spacial score (nSPS) is 10.6. The van der Waals surface area contributed by atoms with Crippen LogP contribution in [0, 0.1) is 6.92 Å². The Morgan fingerprint density at radius 1 is 1.27 bits per heavy atom. The maximum Gasteiger partial charge on any atom is -0.0213 e. The highest BCUT2D eigenvalue weighted by atomic mass is 31.0. The van der Waals surface area contributed by atoms with E-state index < -0.39 is 0 Å². The first-order valence-electron chi connectivity index (χ1n) is 3.98. The molecular formula is C10H15P. The first-order valence-corrected chi connectivity index (χ1v) is 4.55. The second kappa shape index (κ2) is 3.36. The first-order chi connectivity index (χ1) is 5.13. The predicted octanol–water partition coefficient (Wildman–Crippen LogP) is 2.62. The van der Waals surface area contributed by atoms with Crippen LogP contribution < -0.4 is 5.30 Å². The number of hydrogen-bond donors (Lipinski definition) is 0. The average Bonchev–Trinajstić information content (AvgIpc) is 1.94. The predicted molar refractivity (Wildman–Crippen MR) is 54.6 cm³/mol. The molecule has 0 amide bonds. The number of benzene rings is 1. The van der Waals surface area contributed by atoms with Crippen molar-refractivity contribution in [3.63, 3.8) is 0 Å². The maximum absolute atomic E-state index is 2.81. The minimum Gasteiger partial charge on any atom is -0.105 e. The van der Waals surface area contributed by atoms with Crippen LogP contribution in [0.3, 0.4) is 0 Å². The summed E-state index contributed by atoms with van der Waals surface area (Å²) < 4.78 is 0. The van der Waals surface area contributed by atoms with E-state index in [1.165, 1.54) is 16.4 Å². The van der Waals surface area contributed by atoms with Gasteiger partial charge in [-0.3, -0.25) is 0 Å². The summed E-state index contributed by atoms with van der Waals surface area (Å²) in [5.74, 6) is 0.627. The molecule has 1 heteroatoms. The van der Waals surface area contributed by atoms with Crippen LogP contribution in [-0.4, -0.2) is 0 Å². The van der Waals surface area contributed by atoms with Gasteiger partial charge < -0.3 is 0 Å². The monoisotopic (exact) mass is 166 g/mol. The van der Waals surface area contributed by atoms with Crippen molar-refractivity contribution in [1.29, 1.82) is 0 Å². The lowest BCUT2D eigenvalue weighted by atomic mass is 10.0. The lowest BCUT2D eigenvalue weighted by Crippen LogP contribution is -2.06. The van der Waals surface area contributed by atoms with Crippen molar-refractivity contribution in [2.75, 3.05) is 0 Å². The molecule has 0 heterocycles. The zero-order valence-corrected chi connectivity index (χ0v) is 8.54. The summed E-state index contributed by atoms with van der Waals surface area (Å²) in [6.45, 7) is 6.60. The van der Waals surface area contributed by atoms with Gasteiger partial charge in [-0.15, -0.1) is 9.24 Å². The quantitative estimate of drug-likeness (QED) is 0.562. The van der Waals surface area contributed by atoms with Crippen molar-refractivity contribution in [2.24, 2.45) is 0 Å². The fourth-order valence-corrected chi connectivity index (χ4v) is 1.73. The topological polar surface area (TPSA) is 0 Å². The summed E-state index contributed by atoms with van der Waals surface area (Å²) in [5.41, 5.74) is 2.80. The van der Waals surface area contributed by atoms with E-state index in [9.17, 15) is 0 Å². The third-order valence-corrected chi connectivity index (χ3v) is 2.77. The molecule has 60 valence electrons. The average molecular weight is 166 g/mol. The fourth-order valence-electron chi connectivity index (χ4n) is 1.21. The van der Waals surface area contributed by atoms with Crippen LogP contribution in [0.15, 0.2) is 18.2 Å². The van der Waals surface area contributed by atoms with E-state index in [0.29, 0.717) is 5.92 Å². The summed E-state index contributed by atoms with van der Waals surface area (Å²) in [4.78, 5) is 0. The summed E-state index contributed by atoms with van der Waals surface area (Å²) in [6.07, 6.45) is 0. The minimum atomic E-state index is 0.627. The van der Waals surface area contributed by atoms with E-state index in [2.05, 4.69) is 48.2 Å². The molecule has 0 aliphatic heterocycles. The molecule has 1 aromatic rings. The number of hydrogen-bond acceptors (Lipinski definition) is 0. The molecule has 0 aliphatic carbocycles. The van der Waals surface area contributed by atoms with Gasteiger partial charge in [-0.2, -0.15) is 0 Å². The lowest BCUT2D eigenvalue weighted by Gasteiger charge is -2.10. The van der Waals surface area contributed by atoms with E-state index >= 15 is 0 Å². The molecule has 0 fully saturated rings. The summed E-state index contributed by atoms with van der Waals surface area (Å²) in [5, 5.41) is 1.36. The lowest BCUT2D eigenvalue weighted by molar-refractivity contribution is 0.873. The van der Waals surface area contributed by atoms with Gasteiger partial charge in [0.1, 0.15) is 0 Å². The molecule has 0 aromatic heterocycles. The Labute approximate surface area is 71.2 Å². The Morgan fingerprint density at radius 2 is 1.91 bits per heavy atom. The van der Waals surface area contributed by atoms with Gasteiger partial charge in [0.05, 0.1) is 0 Å². The van der Waals surface area contributed by atoms with E-state index in [0.717, 1.165) is 0 Å². The SMILES string of the molecule is Cc1cccc(C(C)C)c1P. The second-order valence-electron chi connectivity index (χ2n) is 3.23. The first kappa shape index (κ1) is 8.74. The van der Waals surface area contributed by atoms with Gasteiger partial charge in [0.2, 0.25) is 0 Å². The zero-order valence-electron chi connectivity index (χ0n) is 7.39. The van der Waals surface area contributed by atoms with Gasteiger partial charge in [-0.05, 0) is 29.3 Å². The number of rotatable bonds is 1. The van der Waals surface area contributed by atoms with Crippen LogP contribution >= 0.6 is 9.24 Å². The summed E-state index contributed by atoms with van der Waals surface area (Å²) >= 11 is 0. The highest BCUT2D eigenvalue weighted by Crippen LogP contribution is 2.15. The maximum atomic E-state index is 2.81. The molecule has 0 bridgehead atoms. The van der Waals surface area contributed by atoms with Gasteiger partial charge in [-0.1, -0.05) is 32.0 Å². The van der Waals surface area contributed by atoms with Crippen LogP contribution in [-0.2, 0) is 0 Å². The van der Waals surface area contributed by atoms with Crippen LogP contribution in [0.4, 0.5) is 0 Å². The largest absolute Gasteiger partial charge is 0.105 e. The Morgan fingerprint density at radius 3 is 2.36 bits per heavy atom. The highest BCUT2D eigenvalue weighted by molar-refractivity contribution is 7.27. The van der Waals surface area contributed by atoms with Crippen LogP contribution in [0.1, 0.15) is 30.9 Å². The molecule has 0 radical (unpaired) electrons. The molecule has 11 heavy (non-hydrogen) atoms. The molecule has 0 spiro atoms. The van der Waals surface area contributed by atoms with E-state index in [1.807, 2.05) is 0 Å². The van der Waals surface area contributed by atoms with Crippen molar-refractivity contribution in [2.45, 2.75) is 26.7 Å². The molecule has 1 rings (SSSR count). The molecule has 0 saturated carbocycles. The van der Waals surface area contributed by atoms with Crippen molar-refractivity contribution < 1.29 is 0 Å². The standard InChI is InChI=1S/C10H15P/c1-7(2)9-6-4-5-8(3)10(9)11/h4-7H,11H2,1-3H3. The van der Waals surface area contributed by atoms with Gasteiger partial charge in [0, 0.05) is 0 Å². The Hall–Kier alpha value is -0.350. The molecule has 0 aliphatic rings. The Kier molecular flexibility index (Phi) is 2.67. The van der Waals surface area contributed by atoms with Crippen molar-refractivity contribution in [1.82, 2.24) is 0 Å². The minimum absolute atomic E-state index is 0.627. The van der Waals surface area contributed by atoms with Gasteiger partial charge in [0.25, 0.3) is 0 Å². The molecule has 1 aromatic carbocycles. The van der Waals surface area contributed by atoms with Gasteiger partial charge >= 0.3 is 0 Å². The van der Waals surface area contributed by atoms with Crippen LogP contribution in [0.2, 0.25) is 0 Å². The third-order valence-electron chi connectivity index (χ3n) is 1.98. The molecule has 1 atom stereocenters. The van der Waals surface area contributed by atoms with Gasteiger partial charge in [-0.25, -0.2) is 0 Å². The van der Waals surface area contributed by atoms with Crippen LogP contribution in [0.25, 0.3) is 0 Å². The van der Waals surface area contributed by atoms with Crippen molar-refractivity contribution in [3.05, 3.63) is 29.3 Å². The third kappa shape index (κ3) is 1.81. The molecule has 0 nitrogen and oxygen atoms in total. The Bertz CT molecular complexity index is 251. The second-order valence-corrected chi connectivity index (χ2v) is 3.81.